The molecule has 0 saturated heterocycles. The molecule has 1 amide bonds. The fourth-order valence-electron chi connectivity index (χ4n) is 1.33. The molecule has 7 heteroatoms. The molecular formula is C10H13IN4O2. The van der Waals surface area contributed by atoms with Crippen molar-refractivity contribution >= 4 is 34.3 Å². The third-order valence-corrected chi connectivity index (χ3v) is 3.38. The van der Waals surface area contributed by atoms with Crippen LogP contribution in [0.25, 0.3) is 0 Å². The molecule has 2 rings (SSSR count). The largest absolute Gasteiger partial charge is 0.368 e. The van der Waals surface area contributed by atoms with Crippen LogP contribution in [-0.4, -0.2) is 28.5 Å². The quantitative estimate of drug-likeness (QED) is 0.675. The topological polar surface area (TPSA) is 86.9 Å². The summed E-state index contributed by atoms with van der Waals surface area (Å²) in [5.41, 5.74) is -0.175. The van der Waals surface area contributed by atoms with E-state index in [1.54, 1.807) is 0 Å². The van der Waals surface area contributed by atoms with Crippen LogP contribution in [0.15, 0.2) is 11.1 Å². The van der Waals surface area contributed by atoms with E-state index in [0.29, 0.717) is 28.4 Å². The molecule has 1 fully saturated rings. The van der Waals surface area contributed by atoms with Gasteiger partial charge in [0.15, 0.2) is 0 Å². The van der Waals surface area contributed by atoms with Crippen molar-refractivity contribution in [3.05, 3.63) is 20.3 Å². The minimum atomic E-state index is -0.175. The molecule has 1 saturated carbocycles. The van der Waals surface area contributed by atoms with Gasteiger partial charge in [0.25, 0.3) is 5.56 Å². The Morgan fingerprint density at radius 2 is 2.35 bits per heavy atom. The second-order valence-electron chi connectivity index (χ2n) is 3.91. The van der Waals surface area contributed by atoms with Crippen LogP contribution in [0.4, 0.5) is 5.82 Å². The number of carbonyl (C=O) groups excluding carboxylic acids is 1. The van der Waals surface area contributed by atoms with Gasteiger partial charge >= 0.3 is 0 Å². The summed E-state index contributed by atoms with van der Waals surface area (Å²) in [6, 6.07) is 0.389. The molecule has 6 nitrogen and oxygen atoms in total. The summed E-state index contributed by atoms with van der Waals surface area (Å²) in [7, 11) is 0. The first-order valence-corrected chi connectivity index (χ1v) is 6.51. The molecule has 1 heterocycles. The van der Waals surface area contributed by atoms with Crippen LogP contribution in [0, 0.1) is 3.57 Å². The maximum Gasteiger partial charge on any atom is 0.266 e. The zero-order valence-electron chi connectivity index (χ0n) is 9.12. The molecule has 1 aliphatic carbocycles. The molecule has 0 unspecified atom stereocenters. The monoisotopic (exact) mass is 348 g/mol. The molecule has 0 aromatic carbocycles. The van der Waals surface area contributed by atoms with E-state index in [1.807, 2.05) is 22.6 Å². The van der Waals surface area contributed by atoms with Crippen LogP contribution in [0.2, 0.25) is 0 Å². The Morgan fingerprint density at radius 1 is 1.59 bits per heavy atom. The van der Waals surface area contributed by atoms with Crippen LogP contribution >= 0.6 is 22.6 Å². The molecule has 0 spiro atoms. The summed E-state index contributed by atoms with van der Waals surface area (Å²) >= 11 is 1.92. The van der Waals surface area contributed by atoms with E-state index < -0.39 is 0 Å². The van der Waals surface area contributed by atoms with Crippen molar-refractivity contribution in [2.45, 2.75) is 25.3 Å². The van der Waals surface area contributed by atoms with Gasteiger partial charge in [-0.2, -0.15) is 0 Å². The minimum Gasteiger partial charge on any atom is -0.368 e. The predicted molar refractivity (Wildman–Crippen MR) is 71.8 cm³/mol. The third kappa shape index (κ3) is 3.69. The standard InChI is InChI=1S/C10H13IN4O2/c11-8-9(13-5-14-10(8)17)12-4-3-7(16)15-6-1-2-6/h5-6H,1-4H2,(H,15,16)(H2,12,13,14,17). The molecule has 1 aromatic heterocycles. The smallest absolute Gasteiger partial charge is 0.266 e. The summed E-state index contributed by atoms with van der Waals surface area (Å²) in [6.45, 7) is 0.477. The van der Waals surface area contributed by atoms with Gasteiger partial charge in [-0.1, -0.05) is 0 Å². The number of hydrogen-bond acceptors (Lipinski definition) is 4. The zero-order chi connectivity index (χ0) is 12.3. The normalized spacial score (nSPS) is 14.4. The molecule has 0 aliphatic heterocycles. The number of halogens is 1. The summed E-state index contributed by atoms with van der Waals surface area (Å²) in [5, 5.41) is 5.88. The van der Waals surface area contributed by atoms with Crippen molar-refractivity contribution < 1.29 is 4.79 Å². The Balaban J connectivity index is 1.79. The van der Waals surface area contributed by atoms with Gasteiger partial charge in [-0.3, -0.25) is 9.59 Å². The van der Waals surface area contributed by atoms with Crippen LogP contribution in [0.3, 0.4) is 0 Å². The highest BCUT2D eigenvalue weighted by Gasteiger charge is 2.22. The summed E-state index contributed by atoms with van der Waals surface area (Å²) in [5.74, 6) is 0.563. The number of anilines is 1. The third-order valence-electron chi connectivity index (χ3n) is 2.38. The molecule has 0 atom stereocenters. The number of nitrogens with zero attached hydrogens (tertiary/aromatic N) is 1. The summed E-state index contributed by atoms with van der Waals surface area (Å²) < 4.78 is 0.507. The summed E-state index contributed by atoms with van der Waals surface area (Å²) in [4.78, 5) is 29.1. The van der Waals surface area contributed by atoms with E-state index in [0.717, 1.165) is 12.8 Å². The maximum absolute atomic E-state index is 11.4. The number of aromatic amines is 1. The van der Waals surface area contributed by atoms with Gasteiger partial charge in [0.05, 0.1) is 6.33 Å². The van der Waals surface area contributed by atoms with E-state index in [4.69, 9.17) is 0 Å². The van der Waals surface area contributed by atoms with Crippen molar-refractivity contribution in [3.63, 3.8) is 0 Å². The fraction of sp³-hybridized carbons (Fsp3) is 0.500. The van der Waals surface area contributed by atoms with Crippen molar-refractivity contribution in [1.29, 1.82) is 0 Å². The molecule has 92 valence electrons. The van der Waals surface area contributed by atoms with Crippen LogP contribution in [-0.2, 0) is 4.79 Å². The summed E-state index contributed by atoms with van der Waals surface area (Å²) in [6.07, 6.45) is 3.91. The predicted octanol–water partition coefficient (Wildman–Crippen LogP) is 0.455. The Morgan fingerprint density at radius 3 is 3.06 bits per heavy atom. The molecular weight excluding hydrogens is 335 g/mol. The van der Waals surface area contributed by atoms with E-state index in [9.17, 15) is 9.59 Å². The van der Waals surface area contributed by atoms with Crippen LogP contribution in [0.1, 0.15) is 19.3 Å². The lowest BCUT2D eigenvalue weighted by Gasteiger charge is -2.06. The Bertz CT molecular complexity index is 470. The molecule has 1 aliphatic rings. The first kappa shape index (κ1) is 12.3. The first-order chi connectivity index (χ1) is 8.16. The number of rotatable bonds is 5. The van der Waals surface area contributed by atoms with Gasteiger partial charge in [-0.25, -0.2) is 4.98 Å². The van der Waals surface area contributed by atoms with E-state index >= 15 is 0 Å². The highest BCUT2D eigenvalue weighted by atomic mass is 127. The van der Waals surface area contributed by atoms with E-state index in [1.165, 1.54) is 6.33 Å². The van der Waals surface area contributed by atoms with Gasteiger partial charge in [0.1, 0.15) is 9.39 Å². The van der Waals surface area contributed by atoms with E-state index in [2.05, 4.69) is 20.6 Å². The molecule has 3 N–H and O–H groups in total. The number of H-pyrrole nitrogens is 1. The van der Waals surface area contributed by atoms with Gasteiger partial charge in [-0.15, -0.1) is 0 Å². The lowest BCUT2D eigenvalue weighted by molar-refractivity contribution is -0.120. The molecule has 17 heavy (non-hydrogen) atoms. The van der Waals surface area contributed by atoms with Gasteiger partial charge in [0, 0.05) is 19.0 Å². The lowest BCUT2D eigenvalue weighted by Crippen LogP contribution is -2.27. The number of aromatic nitrogens is 2. The average Bonchev–Trinajstić information content (AvgIpc) is 3.08. The molecule has 0 radical (unpaired) electrons. The average molecular weight is 348 g/mol. The van der Waals surface area contributed by atoms with Crippen molar-refractivity contribution in [3.8, 4) is 0 Å². The first-order valence-electron chi connectivity index (χ1n) is 5.43. The molecule has 0 bridgehead atoms. The highest BCUT2D eigenvalue weighted by Crippen LogP contribution is 2.18. The van der Waals surface area contributed by atoms with Crippen molar-refractivity contribution in [2.24, 2.45) is 0 Å². The van der Waals surface area contributed by atoms with Crippen molar-refractivity contribution in [2.75, 3.05) is 11.9 Å². The van der Waals surface area contributed by atoms with Crippen LogP contribution in [0.5, 0.6) is 0 Å². The fourth-order valence-corrected chi connectivity index (χ4v) is 1.81. The maximum atomic E-state index is 11.4. The number of amides is 1. The Labute approximate surface area is 112 Å². The van der Waals surface area contributed by atoms with Gasteiger partial charge < -0.3 is 15.6 Å². The Hall–Kier alpha value is -1.12. The second-order valence-corrected chi connectivity index (χ2v) is 4.99. The number of carbonyl (C=O) groups is 1. The van der Waals surface area contributed by atoms with Gasteiger partial charge in [0.2, 0.25) is 5.91 Å². The highest BCUT2D eigenvalue weighted by molar-refractivity contribution is 14.1. The number of hydrogen-bond donors (Lipinski definition) is 3. The van der Waals surface area contributed by atoms with Gasteiger partial charge in [-0.05, 0) is 35.4 Å². The Kier molecular flexibility index (Phi) is 3.97. The molecule has 1 aromatic rings. The van der Waals surface area contributed by atoms with Crippen molar-refractivity contribution in [1.82, 2.24) is 15.3 Å². The van der Waals surface area contributed by atoms with E-state index in [-0.39, 0.29) is 11.5 Å². The number of nitrogens with one attached hydrogen (secondary N) is 3. The lowest BCUT2D eigenvalue weighted by atomic mass is 10.4. The SMILES string of the molecule is O=C(CCNc1nc[nH]c(=O)c1I)NC1CC1. The zero-order valence-corrected chi connectivity index (χ0v) is 11.3. The minimum absolute atomic E-state index is 0.0415. The second kappa shape index (κ2) is 5.48. The van der Waals surface area contributed by atoms with Crippen LogP contribution < -0.4 is 16.2 Å².